The number of carbonyl (C=O) groups excluding carboxylic acids is 2. The van der Waals surface area contributed by atoms with E-state index in [0.29, 0.717) is 39.4 Å². The lowest BCUT2D eigenvalue weighted by atomic mass is 10.0. The minimum atomic E-state index is -0.621. The van der Waals surface area contributed by atoms with E-state index < -0.39 is 17.9 Å². The maximum Gasteiger partial charge on any atom is 0.341 e. The van der Waals surface area contributed by atoms with Gasteiger partial charge in [0.1, 0.15) is 27.9 Å². The Morgan fingerprint density at radius 3 is 2.44 bits per heavy atom. The Labute approximate surface area is 231 Å². The number of hydrogen-bond donors (Lipinski definition) is 1. The van der Waals surface area contributed by atoms with Crippen LogP contribution in [0.3, 0.4) is 0 Å². The molecule has 0 aliphatic rings. The Morgan fingerprint density at radius 2 is 1.79 bits per heavy atom. The molecule has 2 aromatic carbocycles. The summed E-state index contributed by atoms with van der Waals surface area (Å²) in [4.78, 5) is 25.4. The van der Waals surface area contributed by atoms with Crippen LogP contribution >= 0.6 is 23.1 Å². The number of amides is 1. The molecule has 2 heterocycles. The molecule has 0 spiro atoms. The highest BCUT2D eigenvalue weighted by Crippen LogP contribution is 2.36. The van der Waals surface area contributed by atoms with Crippen molar-refractivity contribution in [2.24, 2.45) is 0 Å². The summed E-state index contributed by atoms with van der Waals surface area (Å²) in [6, 6.07) is 11.3. The van der Waals surface area contributed by atoms with Gasteiger partial charge in [0.05, 0.1) is 12.9 Å². The average molecular weight is 571 g/mol. The van der Waals surface area contributed by atoms with Crippen molar-refractivity contribution in [2.75, 3.05) is 18.2 Å². The molecule has 39 heavy (non-hydrogen) atoms. The molecule has 0 bridgehead atoms. The van der Waals surface area contributed by atoms with E-state index in [0.717, 1.165) is 11.8 Å². The summed E-state index contributed by atoms with van der Waals surface area (Å²) in [5.74, 6) is -0.794. The van der Waals surface area contributed by atoms with Gasteiger partial charge in [0, 0.05) is 17.5 Å². The molecule has 0 saturated carbocycles. The number of nitrogens with one attached hydrogen (secondary N) is 1. The molecule has 12 heteroatoms. The minimum absolute atomic E-state index is 0.0210. The SMILES string of the molecule is C=CCn1c(SCC(=O)Nc2scc(-c3ccc(F)cc3)c2C(=O)OC)nnc1C(C)Oc1ccc(F)cc1. The Hall–Kier alpha value is -4.03. The van der Waals surface area contributed by atoms with Crippen LogP contribution in [0.5, 0.6) is 5.75 Å². The van der Waals surface area contributed by atoms with Crippen LogP contribution in [0.2, 0.25) is 0 Å². The van der Waals surface area contributed by atoms with Crippen molar-refractivity contribution < 1.29 is 27.8 Å². The topological polar surface area (TPSA) is 95.3 Å². The number of thioether (sulfide) groups is 1. The maximum atomic E-state index is 13.4. The number of halogens is 2. The Kier molecular flexibility index (Phi) is 9.10. The molecular weight excluding hydrogens is 546 g/mol. The van der Waals surface area contributed by atoms with Crippen LogP contribution in [0.1, 0.15) is 29.2 Å². The number of methoxy groups -OCH3 is 1. The second-order valence-corrected chi connectivity index (χ2v) is 9.97. The number of allylic oxidation sites excluding steroid dienone is 1. The highest BCUT2D eigenvalue weighted by Gasteiger charge is 2.24. The van der Waals surface area contributed by atoms with Gasteiger partial charge in [0.25, 0.3) is 0 Å². The number of carbonyl (C=O) groups is 2. The lowest BCUT2D eigenvalue weighted by Crippen LogP contribution is -2.17. The van der Waals surface area contributed by atoms with Gasteiger partial charge >= 0.3 is 5.97 Å². The molecule has 202 valence electrons. The van der Waals surface area contributed by atoms with Crippen LogP contribution in [-0.2, 0) is 16.1 Å². The summed E-state index contributed by atoms with van der Waals surface area (Å²) < 4.78 is 39.2. The molecule has 0 saturated heterocycles. The fourth-order valence-corrected chi connectivity index (χ4v) is 5.40. The Bertz CT molecular complexity index is 1470. The van der Waals surface area contributed by atoms with Gasteiger partial charge in [-0.05, 0) is 48.9 Å². The van der Waals surface area contributed by atoms with Crippen LogP contribution in [0.15, 0.2) is 71.7 Å². The van der Waals surface area contributed by atoms with Crippen LogP contribution in [0.25, 0.3) is 11.1 Å². The quantitative estimate of drug-likeness (QED) is 0.132. The molecule has 0 radical (unpaired) electrons. The number of ether oxygens (including phenoxy) is 2. The van der Waals surface area contributed by atoms with Crippen molar-refractivity contribution in [1.82, 2.24) is 14.8 Å². The first-order chi connectivity index (χ1) is 18.8. The third-order valence-corrected chi connectivity index (χ3v) is 7.33. The molecule has 1 atom stereocenters. The predicted molar refractivity (Wildman–Crippen MR) is 146 cm³/mol. The van der Waals surface area contributed by atoms with E-state index in [9.17, 15) is 18.4 Å². The number of rotatable bonds is 11. The molecule has 0 aliphatic carbocycles. The van der Waals surface area contributed by atoms with Crippen LogP contribution in [-0.4, -0.2) is 39.5 Å². The number of aromatic nitrogens is 3. The number of nitrogens with zero attached hydrogens (tertiary/aromatic N) is 3. The van der Waals surface area contributed by atoms with Crippen molar-refractivity contribution in [1.29, 1.82) is 0 Å². The number of thiophene rings is 1. The number of benzene rings is 2. The van der Waals surface area contributed by atoms with Crippen molar-refractivity contribution in [3.05, 3.63) is 89.6 Å². The fraction of sp³-hybridized carbons (Fsp3) is 0.185. The van der Waals surface area contributed by atoms with E-state index in [-0.39, 0.29) is 23.0 Å². The highest BCUT2D eigenvalue weighted by molar-refractivity contribution is 7.99. The molecule has 0 aliphatic heterocycles. The lowest BCUT2D eigenvalue weighted by molar-refractivity contribution is -0.113. The Morgan fingerprint density at radius 1 is 1.13 bits per heavy atom. The number of hydrogen-bond acceptors (Lipinski definition) is 8. The molecule has 0 fully saturated rings. The van der Waals surface area contributed by atoms with E-state index in [4.69, 9.17) is 9.47 Å². The Balaban J connectivity index is 1.47. The van der Waals surface area contributed by atoms with Crippen LogP contribution < -0.4 is 10.1 Å². The van der Waals surface area contributed by atoms with E-state index in [1.54, 1.807) is 35.1 Å². The monoisotopic (exact) mass is 570 g/mol. The van der Waals surface area contributed by atoms with Crippen molar-refractivity contribution in [3.63, 3.8) is 0 Å². The molecular formula is C27H24F2N4O4S2. The second kappa shape index (κ2) is 12.7. The van der Waals surface area contributed by atoms with Crippen molar-refractivity contribution >= 4 is 40.0 Å². The average Bonchev–Trinajstić information content (AvgIpc) is 3.53. The van der Waals surface area contributed by atoms with E-state index >= 15 is 0 Å². The summed E-state index contributed by atoms with van der Waals surface area (Å²) in [5, 5.41) is 13.7. The van der Waals surface area contributed by atoms with Gasteiger partial charge in [-0.2, -0.15) is 0 Å². The molecule has 2 aromatic heterocycles. The van der Waals surface area contributed by atoms with Gasteiger partial charge in [-0.25, -0.2) is 13.6 Å². The normalized spacial score (nSPS) is 11.6. The zero-order valence-electron chi connectivity index (χ0n) is 21.0. The molecule has 8 nitrogen and oxygen atoms in total. The summed E-state index contributed by atoms with van der Waals surface area (Å²) in [5.41, 5.74) is 1.33. The van der Waals surface area contributed by atoms with E-state index in [2.05, 4.69) is 22.1 Å². The van der Waals surface area contributed by atoms with Gasteiger partial charge in [0.2, 0.25) is 5.91 Å². The first-order valence-corrected chi connectivity index (χ1v) is 13.5. The first kappa shape index (κ1) is 28.0. The predicted octanol–water partition coefficient (Wildman–Crippen LogP) is 6.13. The van der Waals surface area contributed by atoms with Gasteiger partial charge in [0.15, 0.2) is 17.1 Å². The smallest absolute Gasteiger partial charge is 0.341 e. The van der Waals surface area contributed by atoms with E-state index in [1.807, 2.05) is 0 Å². The summed E-state index contributed by atoms with van der Waals surface area (Å²) in [6.45, 7) is 5.94. The molecule has 4 aromatic rings. The summed E-state index contributed by atoms with van der Waals surface area (Å²) in [7, 11) is 1.25. The zero-order valence-corrected chi connectivity index (χ0v) is 22.7. The van der Waals surface area contributed by atoms with Crippen LogP contribution in [0.4, 0.5) is 13.8 Å². The number of anilines is 1. The van der Waals surface area contributed by atoms with Gasteiger partial charge in [-0.3, -0.25) is 9.36 Å². The number of esters is 1. The first-order valence-electron chi connectivity index (χ1n) is 11.6. The summed E-state index contributed by atoms with van der Waals surface area (Å²) >= 11 is 2.32. The molecule has 1 N–H and O–H groups in total. The van der Waals surface area contributed by atoms with Crippen molar-refractivity contribution in [3.8, 4) is 16.9 Å². The standard InChI is InChI=1S/C27H24F2N4O4S2/c1-4-13-33-24(16(2)37-20-11-9-19(29)10-12-20)31-32-27(33)39-15-22(34)30-25-23(26(35)36-3)21(14-38-25)17-5-7-18(28)8-6-17/h4-12,14,16H,1,13,15H2,2-3H3,(H,30,34). The summed E-state index contributed by atoms with van der Waals surface area (Å²) in [6.07, 6.45) is 1.16. The second-order valence-electron chi connectivity index (χ2n) is 8.14. The largest absolute Gasteiger partial charge is 0.483 e. The fourth-order valence-electron chi connectivity index (χ4n) is 3.67. The van der Waals surface area contributed by atoms with Crippen molar-refractivity contribution in [2.45, 2.75) is 24.7 Å². The molecule has 1 unspecified atom stereocenters. The van der Waals surface area contributed by atoms with Gasteiger partial charge in [-0.15, -0.1) is 28.1 Å². The minimum Gasteiger partial charge on any atom is -0.483 e. The van der Waals surface area contributed by atoms with Gasteiger partial charge < -0.3 is 14.8 Å². The maximum absolute atomic E-state index is 13.4. The van der Waals surface area contributed by atoms with Gasteiger partial charge in [-0.1, -0.05) is 30.0 Å². The highest BCUT2D eigenvalue weighted by atomic mass is 32.2. The zero-order chi connectivity index (χ0) is 27.9. The van der Waals surface area contributed by atoms with E-state index in [1.165, 1.54) is 54.8 Å². The lowest BCUT2D eigenvalue weighted by Gasteiger charge is -2.15. The van der Waals surface area contributed by atoms with Crippen LogP contribution in [0, 0.1) is 11.6 Å². The molecule has 1 amide bonds. The third kappa shape index (κ3) is 6.70. The molecule has 4 rings (SSSR count). The third-order valence-electron chi connectivity index (χ3n) is 5.47.